The second-order valence-corrected chi connectivity index (χ2v) is 5.93. The summed E-state index contributed by atoms with van der Waals surface area (Å²) in [6.45, 7) is 6.67. The molecule has 0 aliphatic carbocycles. The van der Waals surface area contributed by atoms with Crippen LogP contribution in [0.25, 0.3) is 0 Å². The van der Waals surface area contributed by atoms with Gasteiger partial charge in [-0.2, -0.15) is 0 Å². The third-order valence-electron chi connectivity index (χ3n) is 4.16. The number of halogens is 1. The van der Waals surface area contributed by atoms with Crippen LogP contribution in [0.2, 0.25) is 0 Å². The van der Waals surface area contributed by atoms with Gasteiger partial charge in [-0.1, -0.05) is 31.2 Å². The van der Waals surface area contributed by atoms with Gasteiger partial charge in [0.25, 0.3) is 0 Å². The normalized spacial score (nSPS) is 19.4. The zero-order valence-corrected chi connectivity index (χ0v) is 16.3. The van der Waals surface area contributed by atoms with Gasteiger partial charge in [-0.15, -0.1) is 24.0 Å². The van der Waals surface area contributed by atoms with Gasteiger partial charge in [0.1, 0.15) is 0 Å². The number of nitrogens with one attached hydrogen (secondary N) is 2. The molecule has 1 unspecified atom stereocenters. The average Bonchev–Trinajstić information content (AvgIpc) is 2.50. The van der Waals surface area contributed by atoms with E-state index in [1.165, 1.54) is 37.1 Å². The van der Waals surface area contributed by atoms with Gasteiger partial charge >= 0.3 is 0 Å². The summed E-state index contributed by atoms with van der Waals surface area (Å²) in [6.07, 6.45) is 2.70. The quantitative estimate of drug-likeness (QED) is 0.451. The molecule has 0 spiro atoms. The Balaban J connectivity index is 0.00000242. The van der Waals surface area contributed by atoms with Crippen molar-refractivity contribution in [3.63, 3.8) is 0 Å². The van der Waals surface area contributed by atoms with Crippen molar-refractivity contribution in [1.29, 1.82) is 0 Å². The molecule has 1 aromatic carbocycles. The molecule has 1 saturated heterocycles. The molecule has 1 aromatic rings. The first-order valence-electron chi connectivity index (χ1n) is 7.90. The highest BCUT2D eigenvalue weighted by molar-refractivity contribution is 14.0. The Kier molecular flexibility index (Phi) is 8.78. The van der Waals surface area contributed by atoms with E-state index in [9.17, 15) is 0 Å². The standard InChI is InChI=1S/C17H28N4.HI/c1-14-7-6-10-21(12-14)13-16-9-5-4-8-15(16)11-20-17(18-2)19-3;/h4-5,8-9,14H,6-7,10-13H2,1-3H3,(H2,18,19,20);1H. The fraction of sp³-hybridized carbons (Fsp3) is 0.588. The predicted octanol–water partition coefficient (Wildman–Crippen LogP) is 2.83. The van der Waals surface area contributed by atoms with Gasteiger partial charge in [-0.05, 0) is 36.4 Å². The maximum Gasteiger partial charge on any atom is 0.190 e. The molecule has 5 heteroatoms. The van der Waals surface area contributed by atoms with Crippen molar-refractivity contribution in [2.75, 3.05) is 27.2 Å². The number of likely N-dealkylation sites (tertiary alicyclic amines) is 1. The van der Waals surface area contributed by atoms with Gasteiger partial charge in [-0.25, -0.2) is 0 Å². The number of hydrogen-bond donors (Lipinski definition) is 2. The van der Waals surface area contributed by atoms with Gasteiger partial charge in [0.2, 0.25) is 0 Å². The van der Waals surface area contributed by atoms with E-state index < -0.39 is 0 Å². The van der Waals surface area contributed by atoms with Crippen molar-refractivity contribution in [1.82, 2.24) is 15.5 Å². The molecule has 1 aliphatic heterocycles. The van der Waals surface area contributed by atoms with Crippen molar-refractivity contribution in [2.45, 2.75) is 32.9 Å². The highest BCUT2D eigenvalue weighted by atomic mass is 127. The smallest absolute Gasteiger partial charge is 0.190 e. The Morgan fingerprint density at radius 2 is 2.05 bits per heavy atom. The fourth-order valence-electron chi connectivity index (χ4n) is 3.01. The van der Waals surface area contributed by atoms with Crippen LogP contribution in [0.4, 0.5) is 0 Å². The third-order valence-corrected chi connectivity index (χ3v) is 4.16. The summed E-state index contributed by atoms with van der Waals surface area (Å²) in [5, 5.41) is 6.40. The minimum absolute atomic E-state index is 0. The molecule has 2 rings (SSSR count). The van der Waals surface area contributed by atoms with E-state index in [1.807, 2.05) is 7.05 Å². The topological polar surface area (TPSA) is 39.7 Å². The van der Waals surface area contributed by atoms with E-state index in [-0.39, 0.29) is 24.0 Å². The SMILES string of the molecule is CN=C(NC)NCc1ccccc1CN1CCCC(C)C1.I. The highest BCUT2D eigenvalue weighted by Crippen LogP contribution is 2.19. The van der Waals surface area contributed by atoms with E-state index in [1.54, 1.807) is 7.05 Å². The molecule has 2 N–H and O–H groups in total. The number of nitrogens with zero attached hydrogens (tertiary/aromatic N) is 2. The summed E-state index contributed by atoms with van der Waals surface area (Å²) in [7, 11) is 3.68. The van der Waals surface area contributed by atoms with E-state index in [0.29, 0.717) is 0 Å². The number of hydrogen-bond acceptors (Lipinski definition) is 2. The van der Waals surface area contributed by atoms with Crippen molar-refractivity contribution >= 4 is 29.9 Å². The Bertz CT molecular complexity index is 475. The van der Waals surface area contributed by atoms with Gasteiger partial charge in [0.15, 0.2) is 5.96 Å². The van der Waals surface area contributed by atoms with Crippen LogP contribution >= 0.6 is 24.0 Å². The molecule has 1 atom stereocenters. The third kappa shape index (κ3) is 5.76. The Morgan fingerprint density at radius 3 is 2.68 bits per heavy atom. The first-order valence-corrected chi connectivity index (χ1v) is 7.90. The summed E-state index contributed by atoms with van der Waals surface area (Å²) >= 11 is 0. The van der Waals surface area contributed by atoms with Crippen LogP contribution < -0.4 is 10.6 Å². The van der Waals surface area contributed by atoms with E-state index in [4.69, 9.17) is 0 Å². The maximum absolute atomic E-state index is 4.16. The molecular weight excluding hydrogens is 387 g/mol. The van der Waals surface area contributed by atoms with Crippen molar-refractivity contribution in [2.24, 2.45) is 10.9 Å². The lowest BCUT2D eigenvalue weighted by atomic mass is 9.99. The van der Waals surface area contributed by atoms with Crippen LogP contribution in [0.15, 0.2) is 29.3 Å². The van der Waals surface area contributed by atoms with E-state index in [2.05, 4.69) is 51.7 Å². The van der Waals surface area contributed by atoms with Gasteiger partial charge in [0.05, 0.1) is 0 Å². The van der Waals surface area contributed by atoms with Crippen LogP contribution in [0.1, 0.15) is 30.9 Å². The molecule has 0 saturated carbocycles. The molecule has 124 valence electrons. The number of piperidine rings is 1. The minimum Gasteiger partial charge on any atom is -0.359 e. The zero-order valence-electron chi connectivity index (χ0n) is 13.9. The van der Waals surface area contributed by atoms with Crippen LogP contribution in [-0.2, 0) is 13.1 Å². The number of rotatable bonds is 4. The first kappa shape index (κ1) is 19.2. The largest absolute Gasteiger partial charge is 0.359 e. The monoisotopic (exact) mass is 416 g/mol. The second-order valence-electron chi connectivity index (χ2n) is 5.93. The molecule has 0 radical (unpaired) electrons. The fourth-order valence-corrected chi connectivity index (χ4v) is 3.01. The van der Waals surface area contributed by atoms with Crippen LogP contribution in [0, 0.1) is 5.92 Å². The Labute approximate surface area is 151 Å². The summed E-state index contributed by atoms with van der Waals surface area (Å²) in [5.74, 6) is 1.66. The molecule has 22 heavy (non-hydrogen) atoms. The second kappa shape index (κ2) is 10.0. The summed E-state index contributed by atoms with van der Waals surface area (Å²) in [4.78, 5) is 6.74. The Morgan fingerprint density at radius 1 is 1.32 bits per heavy atom. The van der Waals surface area contributed by atoms with Gasteiger partial charge < -0.3 is 10.6 Å². The lowest BCUT2D eigenvalue weighted by Gasteiger charge is -2.31. The van der Waals surface area contributed by atoms with Gasteiger partial charge in [-0.3, -0.25) is 9.89 Å². The van der Waals surface area contributed by atoms with Crippen LogP contribution in [-0.4, -0.2) is 38.0 Å². The molecule has 0 aromatic heterocycles. The highest BCUT2D eigenvalue weighted by Gasteiger charge is 2.17. The molecule has 0 amide bonds. The summed E-state index contributed by atoms with van der Waals surface area (Å²) in [5.41, 5.74) is 2.78. The van der Waals surface area contributed by atoms with E-state index >= 15 is 0 Å². The van der Waals surface area contributed by atoms with Gasteiger partial charge in [0, 0.05) is 33.7 Å². The lowest BCUT2D eigenvalue weighted by molar-refractivity contribution is 0.176. The average molecular weight is 416 g/mol. The van der Waals surface area contributed by atoms with Crippen molar-refractivity contribution < 1.29 is 0 Å². The molecule has 1 fully saturated rings. The summed E-state index contributed by atoms with van der Waals surface area (Å²) < 4.78 is 0. The first-order chi connectivity index (χ1) is 10.2. The molecular formula is C17H29IN4. The molecule has 0 bridgehead atoms. The molecule has 1 aliphatic rings. The van der Waals surface area contributed by atoms with Crippen molar-refractivity contribution in [3.05, 3.63) is 35.4 Å². The number of aliphatic imine (C=N–C) groups is 1. The molecule has 1 heterocycles. The minimum atomic E-state index is 0. The Hall–Kier alpha value is -0.820. The maximum atomic E-state index is 4.16. The molecule has 4 nitrogen and oxygen atoms in total. The number of guanidine groups is 1. The predicted molar refractivity (Wildman–Crippen MR) is 105 cm³/mol. The van der Waals surface area contributed by atoms with Crippen molar-refractivity contribution in [3.8, 4) is 0 Å². The zero-order chi connectivity index (χ0) is 15.1. The lowest BCUT2D eigenvalue weighted by Crippen LogP contribution is -2.35. The van der Waals surface area contributed by atoms with Crippen LogP contribution in [0.3, 0.4) is 0 Å². The number of benzene rings is 1. The van der Waals surface area contributed by atoms with E-state index in [0.717, 1.165) is 25.0 Å². The van der Waals surface area contributed by atoms with Crippen LogP contribution in [0.5, 0.6) is 0 Å². The summed E-state index contributed by atoms with van der Waals surface area (Å²) in [6, 6.07) is 8.71.